The van der Waals surface area contributed by atoms with Crippen LogP contribution < -0.4 is 0 Å². The van der Waals surface area contributed by atoms with Gasteiger partial charge >= 0.3 is 0 Å². The molecule has 0 radical (unpaired) electrons. The van der Waals surface area contributed by atoms with Crippen LogP contribution in [-0.4, -0.2) is 23.9 Å². The quantitative estimate of drug-likeness (QED) is 0.603. The van der Waals surface area contributed by atoms with Crippen LogP contribution >= 0.6 is 0 Å². The number of nitrogens with zero attached hydrogens (tertiary/aromatic N) is 1. The van der Waals surface area contributed by atoms with Gasteiger partial charge in [-0.25, -0.2) is 0 Å². The molecule has 1 amide bonds. The molecular formula is C29H31NO. The second-order valence-corrected chi connectivity index (χ2v) is 11.9. The SMILES string of the molecule is O=C(N1CC2C3c4ccccc4C(c4ccccc43)C2C1)C12CC3CC(CC(C3)C1)C2. The molecule has 10 rings (SSSR count). The number of hydrogen-bond donors (Lipinski definition) is 0. The molecule has 31 heavy (non-hydrogen) atoms. The van der Waals surface area contributed by atoms with Gasteiger partial charge < -0.3 is 4.90 Å². The number of likely N-dealkylation sites (tertiary alicyclic amines) is 1. The fraction of sp³-hybridized carbons (Fsp3) is 0.552. The highest BCUT2D eigenvalue weighted by Gasteiger charge is 2.59. The highest BCUT2D eigenvalue weighted by molar-refractivity contribution is 5.84. The van der Waals surface area contributed by atoms with Gasteiger partial charge in [-0.2, -0.15) is 0 Å². The van der Waals surface area contributed by atoms with E-state index in [1.807, 2.05) is 0 Å². The van der Waals surface area contributed by atoms with Crippen LogP contribution in [0.4, 0.5) is 0 Å². The second kappa shape index (κ2) is 5.82. The highest BCUT2D eigenvalue weighted by atomic mass is 16.2. The van der Waals surface area contributed by atoms with Crippen molar-refractivity contribution in [1.82, 2.24) is 4.90 Å². The van der Waals surface area contributed by atoms with Gasteiger partial charge in [0, 0.05) is 24.9 Å². The van der Waals surface area contributed by atoms with Gasteiger partial charge in [0.25, 0.3) is 0 Å². The van der Waals surface area contributed by atoms with Crippen molar-refractivity contribution in [3.8, 4) is 0 Å². The van der Waals surface area contributed by atoms with Crippen LogP contribution in [0.1, 0.15) is 72.6 Å². The number of carbonyl (C=O) groups excluding carboxylic acids is 1. The lowest BCUT2D eigenvalue weighted by Gasteiger charge is -2.56. The van der Waals surface area contributed by atoms with E-state index in [-0.39, 0.29) is 5.41 Å². The van der Waals surface area contributed by atoms with E-state index in [9.17, 15) is 4.79 Å². The topological polar surface area (TPSA) is 20.3 Å². The Bertz CT molecular complexity index is 961. The van der Waals surface area contributed by atoms with E-state index in [1.165, 1.54) is 60.8 Å². The van der Waals surface area contributed by atoms with E-state index < -0.39 is 0 Å². The van der Waals surface area contributed by atoms with Gasteiger partial charge in [0.1, 0.15) is 0 Å². The summed E-state index contributed by atoms with van der Waals surface area (Å²) in [5.74, 6) is 5.18. The predicted octanol–water partition coefficient (Wildman–Crippen LogP) is 5.57. The van der Waals surface area contributed by atoms with Crippen LogP contribution in [0.2, 0.25) is 0 Å². The van der Waals surface area contributed by atoms with E-state index >= 15 is 0 Å². The minimum Gasteiger partial charge on any atom is -0.342 e. The summed E-state index contributed by atoms with van der Waals surface area (Å²) in [6.07, 6.45) is 7.80. The number of rotatable bonds is 1. The smallest absolute Gasteiger partial charge is 0.228 e. The molecule has 158 valence electrons. The average Bonchev–Trinajstić information content (AvgIpc) is 3.23. The Morgan fingerprint density at radius 3 is 1.45 bits per heavy atom. The molecule has 2 heteroatoms. The lowest BCUT2D eigenvalue weighted by molar-refractivity contribution is -0.156. The van der Waals surface area contributed by atoms with Crippen molar-refractivity contribution in [3.63, 3.8) is 0 Å². The molecule has 0 aromatic heterocycles. The van der Waals surface area contributed by atoms with Crippen molar-refractivity contribution in [1.29, 1.82) is 0 Å². The van der Waals surface area contributed by atoms with Crippen LogP contribution in [-0.2, 0) is 4.79 Å². The summed E-state index contributed by atoms with van der Waals surface area (Å²) in [6.45, 7) is 1.96. The maximum Gasteiger partial charge on any atom is 0.228 e. The first-order valence-electron chi connectivity index (χ1n) is 12.7. The van der Waals surface area contributed by atoms with Crippen LogP contribution in [0.25, 0.3) is 0 Å². The monoisotopic (exact) mass is 409 g/mol. The maximum atomic E-state index is 14.1. The molecule has 4 saturated carbocycles. The fourth-order valence-corrected chi connectivity index (χ4v) is 9.85. The molecule has 7 aliphatic carbocycles. The lowest BCUT2D eigenvalue weighted by atomic mass is 9.49. The van der Waals surface area contributed by atoms with Crippen molar-refractivity contribution in [3.05, 3.63) is 70.8 Å². The van der Waals surface area contributed by atoms with Crippen molar-refractivity contribution < 1.29 is 4.79 Å². The van der Waals surface area contributed by atoms with E-state index in [0.29, 0.717) is 29.6 Å². The standard InChI is InChI=1S/C29H31NO/c31-28(29-12-17-9-18(13-29)11-19(10-17)14-29)30-15-24-25(16-30)27-21-6-2-1-5-20(21)26(24)22-7-3-4-8-23(22)27/h1-8,17-19,24-27H,9-16H2. The van der Waals surface area contributed by atoms with Gasteiger partial charge in [-0.05, 0) is 90.4 Å². The Balaban J connectivity index is 1.17. The molecule has 2 aromatic carbocycles. The molecule has 6 bridgehead atoms. The summed E-state index contributed by atoms with van der Waals surface area (Å²) in [5, 5.41) is 0. The molecular weight excluding hydrogens is 378 g/mol. The molecule has 2 aromatic rings. The number of carbonyl (C=O) groups is 1. The molecule has 5 fully saturated rings. The number of amides is 1. The average molecular weight is 410 g/mol. The maximum absolute atomic E-state index is 14.1. The van der Waals surface area contributed by atoms with Crippen molar-refractivity contribution >= 4 is 5.91 Å². The summed E-state index contributed by atoms with van der Waals surface area (Å²) >= 11 is 0. The zero-order chi connectivity index (χ0) is 20.3. The van der Waals surface area contributed by atoms with E-state index in [4.69, 9.17) is 0 Å². The van der Waals surface area contributed by atoms with Crippen molar-refractivity contribution in [2.45, 2.75) is 50.4 Å². The van der Waals surface area contributed by atoms with Gasteiger partial charge in [0.2, 0.25) is 5.91 Å². The van der Waals surface area contributed by atoms with Gasteiger partial charge in [0.05, 0.1) is 5.41 Å². The van der Waals surface area contributed by atoms with Crippen molar-refractivity contribution in [2.24, 2.45) is 35.0 Å². The Labute approximate surface area is 185 Å². The predicted molar refractivity (Wildman–Crippen MR) is 121 cm³/mol. The van der Waals surface area contributed by atoms with E-state index in [2.05, 4.69) is 53.4 Å². The van der Waals surface area contributed by atoms with E-state index in [0.717, 1.165) is 30.8 Å². The molecule has 1 saturated heterocycles. The van der Waals surface area contributed by atoms with E-state index in [1.54, 1.807) is 0 Å². The Morgan fingerprint density at radius 1 is 0.677 bits per heavy atom. The van der Waals surface area contributed by atoms with Gasteiger partial charge in [-0.3, -0.25) is 4.79 Å². The minimum atomic E-state index is 0.000986. The third-order valence-electron chi connectivity index (χ3n) is 10.4. The van der Waals surface area contributed by atoms with Crippen LogP contribution in [0.5, 0.6) is 0 Å². The summed E-state index contributed by atoms with van der Waals surface area (Å²) in [4.78, 5) is 16.5. The number of hydrogen-bond acceptors (Lipinski definition) is 1. The molecule has 2 unspecified atom stereocenters. The highest BCUT2D eigenvalue weighted by Crippen LogP contribution is 2.63. The first-order chi connectivity index (χ1) is 15.2. The molecule has 0 N–H and O–H groups in total. The molecule has 2 nitrogen and oxygen atoms in total. The molecule has 1 heterocycles. The Morgan fingerprint density at radius 2 is 1.06 bits per heavy atom. The third-order valence-corrected chi connectivity index (χ3v) is 10.4. The van der Waals surface area contributed by atoms with Crippen LogP contribution in [0.15, 0.2) is 48.5 Å². The summed E-state index contributed by atoms with van der Waals surface area (Å²) in [5.41, 5.74) is 6.15. The zero-order valence-corrected chi connectivity index (χ0v) is 18.2. The molecule has 8 aliphatic rings. The van der Waals surface area contributed by atoms with Gasteiger partial charge in [-0.15, -0.1) is 0 Å². The van der Waals surface area contributed by atoms with Gasteiger partial charge in [-0.1, -0.05) is 48.5 Å². The largest absolute Gasteiger partial charge is 0.342 e. The fourth-order valence-electron chi connectivity index (χ4n) is 9.85. The lowest BCUT2D eigenvalue weighted by Crippen LogP contribution is -2.54. The van der Waals surface area contributed by atoms with Gasteiger partial charge in [0.15, 0.2) is 0 Å². The molecule has 0 spiro atoms. The first kappa shape index (κ1) is 17.5. The van der Waals surface area contributed by atoms with Crippen LogP contribution in [0, 0.1) is 35.0 Å². The molecule has 1 aliphatic heterocycles. The summed E-state index contributed by atoms with van der Waals surface area (Å²) < 4.78 is 0. The minimum absolute atomic E-state index is 0.000986. The Hall–Kier alpha value is -2.09. The Kier molecular flexibility index (Phi) is 3.28. The summed E-state index contributed by atoms with van der Waals surface area (Å²) in [7, 11) is 0. The van der Waals surface area contributed by atoms with Crippen molar-refractivity contribution in [2.75, 3.05) is 13.1 Å². The second-order valence-electron chi connectivity index (χ2n) is 11.9. The zero-order valence-electron chi connectivity index (χ0n) is 18.2. The van der Waals surface area contributed by atoms with Crippen LogP contribution in [0.3, 0.4) is 0 Å². The normalized spacial score (nSPS) is 43.0. The first-order valence-corrected chi connectivity index (χ1v) is 12.7. The third kappa shape index (κ3) is 2.17. The number of benzene rings is 2. The molecule has 2 atom stereocenters. The summed E-state index contributed by atoms with van der Waals surface area (Å²) in [6, 6.07) is 18.3.